The summed E-state index contributed by atoms with van der Waals surface area (Å²) in [5.74, 6) is 0.551. The summed E-state index contributed by atoms with van der Waals surface area (Å²) in [5, 5.41) is 3.27. The number of ether oxygens (including phenoxy) is 1. The Morgan fingerprint density at radius 1 is 1.47 bits per heavy atom. The summed E-state index contributed by atoms with van der Waals surface area (Å²) in [6.07, 6.45) is 0.129. The number of likely N-dealkylation sites (tertiary alicyclic amines) is 1. The van der Waals surface area contributed by atoms with Crippen LogP contribution in [-0.4, -0.2) is 48.6 Å². The van der Waals surface area contributed by atoms with E-state index in [9.17, 15) is 9.59 Å². The largest absolute Gasteiger partial charge is 0.444 e. The molecule has 2 rings (SSSR count). The number of nitrogens with one attached hydrogen (secondary N) is 1. The maximum absolute atomic E-state index is 12.3. The average molecular weight is 268 g/mol. The molecule has 2 atom stereocenters. The van der Waals surface area contributed by atoms with Crippen LogP contribution in [0.25, 0.3) is 0 Å². The van der Waals surface area contributed by atoms with Crippen molar-refractivity contribution < 1.29 is 14.3 Å². The Kier molecular flexibility index (Phi) is 3.60. The van der Waals surface area contributed by atoms with Crippen molar-refractivity contribution in [3.05, 3.63) is 0 Å². The lowest BCUT2D eigenvalue weighted by Gasteiger charge is -2.41. The number of piperidine rings is 1. The van der Waals surface area contributed by atoms with Gasteiger partial charge in [0.15, 0.2) is 0 Å². The molecule has 2 aliphatic rings. The SMILES string of the molecule is CC1CNCC12CN(C(=O)OC(C)(C)C)CCC2=O. The van der Waals surface area contributed by atoms with Crippen LogP contribution in [0.3, 0.4) is 0 Å². The molecule has 0 radical (unpaired) electrons. The van der Waals surface area contributed by atoms with E-state index >= 15 is 0 Å². The van der Waals surface area contributed by atoms with E-state index in [1.807, 2.05) is 20.8 Å². The summed E-state index contributed by atoms with van der Waals surface area (Å²) < 4.78 is 5.41. The molecular weight excluding hydrogens is 244 g/mol. The van der Waals surface area contributed by atoms with Crippen LogP contribution in [0.15, 0.2) is 0 Å². The number of rotatable bonds is 0. The van der Waals surface area contributed by atoms with Crippen LogP contribution < -0.4 is 5.32 Å². The third kappa shape index (κ3) is 2.76. The Labute approximate surface area is 114 Å². The van der Waals surface area contributed by atoms with Gasteiger partial charge in [-0.05, 0) is 33.2 Å². The molecule has 5 nitrogen and oxygen atoms in total. The molecule has 2 aliphatic heterocycles. The predicted octanol–water partition coefficient (Wildman–Crippen LogP) is 1.42. The Bertz CT molecular complexity index is 389. The van der Waals surface area contributed by atoms with Gasteiger partial charge in [0.05, 0.1) is 5.41 Å². The monoisotopic (exact) mass is 268 g/mol. The van der Waals surface area contributed by atoms with Gasteiger partial charge in [-0.3, -0.25) is 4.79 Å². The summed E-state index contributed by atoms with van der Waals surface area (Å²) in [4.78, 5) is 26.1. The quantitative estimate of drug-likeness (QED) is 0.722. The van der Waals surface area contributed by atoms with Gasteiger partial charge in [-0.25, -0.2) is 4.79 Å². The molecule has 2 saturated heterocycles. The first kappa shape index (κ1) is 14.3. The van der Waals surface area contributed by atoms with Gasteiger partial charge in [-0.15, -0.1) is 0 Å². The second-order valence-electron chi connectivity index (χ2n) is 6.76. The first-order valence-corrected chi connectivity index (χ1v) is 6.96. The molecule has 19 heavy (non-hydrogen) atoms. The van der Waals surface area contributed by atoms with Crippen molar-refractivity contribution in [1.82, 2.24) is 10.2 Å². The number of carbonyl (C=O) groups excluding carboxylic acids is 2. The molecule has 2 fully saturated rings. The molecule has 0 saturated carbocycles. The Balaban J connectivity index is 2.10. The first-order valence-electron chi connectivity index (χ1n) is 6.96. The number of hydrogen-bond acceptors (Lipinski definition) is 4. The van der Waals surface area contributed by atoms with E-state index < -0.39 is 11.0 Å². The number of carbonyl (C=O) groups is 2. The Hall–Kier alpha value is -1.10. The normalized spacial score (nSPS) is 31.9. The predicted molar refractivity (Wildman–Crippen MR) is 71.9 cm³/mol. The molecular formula is C14H24N2O3. The lowest BCUT2D eigenvalue weighted by atomic mass is 9.72. The lowest BCUT2D eigenvalue weighted by Crippen LogP contribution is -2.55. The van der Waals surface area contributed by atoms with Gasteiger partial charge < -0.3 is 15.0 Å². The van der Waals surface area contributed by atoms with E-state index in [0.717, 1.165) is 6.54 Å². The van der Waals surface area contributed by atoms with E-state index in [-0.39, 0.29) is 17.8 Å². The average Bonchev–Trinajstić information content (AvgIpc) is 2.63. The lowest BCUT2D eigenvalue weighted by molar-refractivity contribution is -0.134. The van der Waals surface area contributed by atoms with Crippen molar-refractivity contribution in [2.75, 3.05) is 26.2 Å². The summed E-state index contributed by atoms with van der Waals surface area (Å²) in [6.45, 7) is 10.1. The molecule has 0 aliphatic carbocycles. The van der Waals surface area contributed by atoms with Gasteiger partial charge in [0.25, 0.3) is 0 Å². The van der Waals surface area contributed by atoms with Crippen LogP contribution in [0.5, 0.6) is 0 Å². The van der Waals surface area contributed by atoms with Gasteiger partial charge in [0.1, 0.15) is 11.4 Å². The minimum atomic E-state index is -0.495. The topological polar surface area (TPSA) is 58.6 Å². The number of nitrogens with zero attached hydrogens (tertiary/aromatic N) is 1. The molecule has 2 unspecified atom stereocenters. The fourth-order valence-corrected chi connectivity index (χ4v) is 2.94. The van der Waals surface area contributed by atoms with Crippen molar-refractivity contribution in [2.24, 2.45) is 11.3 Å². The zero-order chi connectivity index (χ0) is 14.3. The zero-order valence-corrected chi connectivity index (χ0v) is 12.3. The van der Waals surface area contributed by atoms with E-state index in [4.69, 9.17) is 4.74 Å². The van der Waals surface area contributed by atoms with Crippen LogP contribution in [-0.2, 0) is 9.53 Å². The molecule has 108 valence electrons. The molecule has 0 bridgehead atoms. The van der Waals surface area contributed by atoms with Crippen LogP contribution in [0.2, 0.25) is 0 Å². The van der Waals surface area contributed by atoms with Gasteiger partial charge >= 0.3 is 6.09 Å². The van der Waals surface area contributed by atoms with Crippen molar-refractivity contribution in [3.8, 4) is 0 Å². The highest BCUT2D eigenvalue weighted by atomic mass is 16.6. The highest BCUT2D eigenvalue weighted by molar-refractivity contribution is 5.88. The van der Waals surface area contributed by atoms with E-state index in [0.29, 0.717) is 26.1 Å². The molecule has 2 heterocycles. The van der Waals surface area contributed by atoms with Crippen molar-refractivity contribution in [1.29, 1.82) is 0 Å². The minimum absolute atomic E-state index is 0.269. The number of Topliss-reactive ketones (excluding diaryl/α,β-unsaturated/α-hetero) is 1. The van der Waals surface area contributed by atoms with Gasteiger partial charge in [0, 0.05) is 26.1 Å². The molecule has 1 spiro atoms. The smallest absolute Gasteiger partial charge is 0.410 e. The second-order valence-corrected chi connectivity index (χ2v) is 6.76. The third-order valence-corrected chi connectivity index (χ3v) is 4.12. The second kappa shape index (κ2) is 4.78. The fraction of sp³-hybridized carbons (Fsp3) is 0.857. The van der Waals surface area contributed by atoms with Crippen LogP contribution in [0, 0.1) is 11.3 Å². The molecule has 0 aromatic heterocycles. The highest BCUT2D eigenvalue weighted by Crippen LogP contribution is 2.37. The molecule has 1 N–H and O–H groups in total. The fourth-order valence-electron chi connectivity index (χ4n) is 2.94. The molecule has 1 amide bonds. The summed E-state index contributed by atoms with van der Waals surface area (Å²) >= 11 is 0. The van der Waals surface area contributed by atoms with Gasteiger partial charge in [-0.2, -0.15) is 0 Å². The van der Waals surface area contributed by atoms with E-state index in [1.54, 1.807) is 4.90 Å². The Morgan fingerprint density at radius 3 is 2.68 bits per heavy atom. The standard InChI is InChI=1S/C14H24N2O3/c1-10-7-15-8-14(10)9-16(6-5-11(14)17)12(18)19-13(2,3)4/h10,15H,5-9H2,1-4H3. The number of amides is 1. The number of hydrogen-bond donors (Lipinski definition) is 1. The van der Waals surface area contributed by atoms with Crippen LogP contribution in [0.1, 0.15) is 34.1 Å². The molecule has 0 aromatic carbocycles. The van der Waals surface area contributed by atoms with E-state index in [1.165, 1.54) is 0 Å². The van der Waals surface area contributed by atoms with E-state index in [2.05, 4.69) is 12.2 Å². The van der Waals surface area contributed by atoms with Crippen LogP contribution in [0.4, 0.5) is 4.79 Å². The van der Waals surface area contributed by atoms with Crippen molar-refractivity contribution in [3.63, 3.8) is 0 Å². The molecule has 5 heteroatoms. The Morgan fingerprint density at radius 2 is 2.16 bits per heavy atom. The zero-order valence-electron chi connectivity index (χ0n) is 12.3. The molecule has 0 aromatic rings. The van der Waals surface area contributed by atoms with Crippen LogP contribution >= 0.6 is 0 Å². The first-order chi connectivity index (χ1) is 8.74. The van der Waals surface area contributed by atoms with Gasteiger partial charge in [0.2, 0.25) is 0 Å². The maximum Gasteiger partial charge on any atom is 0.410 e. The number of ketones is 1. The summed E-state index contributed by atoms with van der Waals surface area (Å²) in [7, 11) is 0. The summed E-state index contributed by atoms with van der Waals surface area (Å²) in [6, 6.07) is 0. The minimum Gasteiger partial charge on any atom is -0.444 e. The maximum atomic E-state index is 12.3. The third-order valence-electron chi connectivity index (χ3n) is 4.12. The highest BCUT2D eigenvalue weighted by Gasteiger charge is 2.50. The van der Waals surface area contributed by atoms with Crippen molar-refractivity contribution >= 4 is 11.9 Å². The van der Waals surface area contributed by atoms with Crippen molar-refractivity contribution in [2.45, 2.75) is 39.7 Å². The van der Waals surface area contributed by atoms with Gasteiger partial charge in [-0.1, -0.05) is 6.92 Å². The summed E-state index contributed by atoms with van der Waals surface area (Å²) in [5.41, 5.74) is -0.902.